The Bertz CT molecular complexity index is 2490. The molecule has 4 heterocycles. The zero-order chi connectivity index (χ0) is 37.2. The fourth-order valence-electron chi connectivity index (χ4n) is 6.68. The Morgan fingerprint density at radius 2 is 1.39 bits per heavy atom. The first-order valence-corrected chi connectivity index (χ1v) is 16.9. The smallest absolute Gasteiger partial charge is 0.657 e. The van der Waals surface area contributed by atoms with Crippen LogP contribution in [0.15, 0.2) is 85.5 Å². The molecule has 1 aliphatic heterocycles. The average molecular weight is 889 g/mol. The number of nitrogens with zero attached hydrogens (tertiary/aromatic N) is 10. The predicted octanol–water partition coefficient (Wildman–Crippen LogP) is 8.03. The van der Waals surface area contributed by atoms with E-state index in [0.717, 1.165) is 61.9 Å². The molecule has 7 aromatic rings. The van der Waals surface area contributed by atoms with Crippen LogP contribution in [0.25, 0.3) is 32.9 Å². The maximum atomic E-state index is 8.88. The molecule has 0 unspecified atom stereocenters. The predicted molar refractivity (Wildman–Crippen MR) is 209 cm³/mol. The Hall–Kier alpha value is -6.29. The normalized spacial score (nSPS) is 11.6. The zero-order valence-corrected chi connectivity index (χ0v) is 32.8. The number of aromatic nitrogens is 5. The number of hydrogen-bond acceptors (Lipinski definition) is 10. The molecule has 54 heavy (non-hydrogen) atoms. The third-order valence-electron chi connectivity index (χ3n) is 8.98. The van der Waals surface area contributed by atoms with Gasteiger partial charge in [-0.2, -0.15) is 17.2 Å². The van der Waals surface area contributed by atoms with Crippen molar-refractivity contribution in [2.75, 3.05) is 34.1 Å². The van der Waals surface area contributed by atoms with Crippen LogP contribution in [0.1, 0.15) is 33.5 Å². The van der Waals surface area contributed by atoms with Gasteiger partial charge in [0.15, 0.2) is 0 Å². The summed E-state index contributed by atoms with van der Waals surface area (Å²) in [6.45, 7) is 12.2. The van der Waals surface area contributed by atoms with E-state index in [2.05, 4.69) is 93.5 Å². The van der Waals surface area contributed by atoms with Crippen molar-refractivity contribution >= 4 is 50.6 Å². The molecule has 268 valence electrons. The monoisotopic (exact) mass is 888 g/mol. The number of nitriles is 2. The first-order valence-electron chi connectivity index (χ1n) is 16.9. The van der Waals surface area contributed by atoms with Crippen molar-refractivity contribution in [1.82, 2.24) is 24.9 Å². The molecule has 4 aromatic carbocycles. The first kappa shape index (κ1) is 37.5. The summed E-state index contributed by atoms with van der Waals surface area (Å²) >= 11 is 0. The quantitative estimate of drug-likeness (QED) is 0.163. The van der Waals surface area contributed by atoms with Crippen LogP contribution >= 0.6 is 0 Å². The summed E-state index contributed by atoms with van der Waals surface area (Å²) < 4.78 is 0. The van der Waals surface area contributed by atoms with Crippen LogP contribution in [0.5, 0.6) is 0 Å². The first-order chi connectivity index (χ1) is 25.6. The van der Waals surface area contributed by atoms with E-state index in [1.54, 1.807) is 36.9 Å². The molecular formula is C42H35N11Pt. The fourth-order valence-corrected chi connectivity index (χ4v) is 6.68. The average Bonchev–Trinajstić information content (AvgIpc) is 3.70. The number of anilines is 5. The molecule has 0 aliphatic carbocycles. The molecule has 12 heteroatoms. The van der Waals surface area contributed by atoms with E-state index < -0.39 is 0 Å². The summed E-state index contributed by atoms with van der Waals surface area (Å²) in [6.07, 6.45) is 6.80. The van der Waals surface area contributed by atoms with Crippen molar-refractivity contribution in [3.05, 3.63) is 138 Å². The van der Waals surface area contributed by atoms with E-state index in [1.807, 2.05) is 73.3 Å². The maximum Gasteiger partial charge on any atom is 4.00 e. The molecule has 0 saturated carbocycles. The van der Waals surface area contributed by atoms with Crippen molar-refractivity contribution in [2.24, 2.45) is 0 Å². The molecular weight excluding hydrogens is 854 g/mol. The SMILES string of the molecule is Cc1cc(C)c(-c2cc(N[CH-]N(C)c3nccnc3C)[c-]c(N3[CH-]N(C)c4nccnc43)c2)c(C)c1.N#Cc1ccc2[n-]c3ccc(C#N)cc3c2c1.[Pt+4]. The topological polar surface area (TPSA) is 135 Å². The van der Waals surface area contributed by atoms with Gasteiger partial charge in [0, 0.05) is 24.8 Å². The molecule has 0 radical (unpaired) electrons. The summed E-state index contributed by atoms with van der Waals surface area (Å²) in [5.41, 5.74) is 11.5. The third kappa shape index (κ3) is 7.45. The molecule has 0 spiro atoms. The minimum Gasteiger partial charge on any atom is -0.657 e. The van der Waals surface area contributed by atoms with Crippen molar-refractivity contribution < 1.29 is 21.1 Å². The van der Waals surface area contributed by atoms with Crippen LogP contribution in [0, 0.1) is 69.8 Å². The van der Waals surface area contributed by atoms with Crippen LogP contribution in [0.3, 0.4) is 0 Å². The zero-order valence-electron chi connectivity index (χ0n) is 30.5. The number of nitrogens with one attached hydrogen (secondary N) is 1. The number of aryl methyl sites for hydroxylation is 4. The van der Waals surface area contributed by atoms with Crippen LogP contribution in [0.4, 0.5) is 28.8 Å². The second-order valence-electron chi connectivity index (χ2n) is 12.9. The molecule has 0 fully saturated rings. The van der Waals surface area contributed by atoms with Crippen molar-refractivity contribution in [3.63, 3.8) is 0 Å². The van der Waals surface area contributed by atoms with E-state index in [0.29, 0.717) is 11.1 Å². The van der Waals surface area contributed by atoms with Gasteiger partial charge in [-0.15, -0.1) is 52.8 Å². The standard InChI is InChI=1S/C28H29N8.C14H6N3.Pt/c1-18-11-19(2)25(20(3)12-18)22-13-23(33-16-34(5)26-21(4)29-7-8-30-26)15-24(14-22)36-17-35(6)27-28(36)32-10-9-31-27;15-7-9-1-3-13-11(5-9)12-6-10(8-16)2-4-14(12)17-13;/h7-14,16-17,33H,1-6H3;1-6H;/q-3;-1;+4. The van der Waals surface area contributed by atoms with Gasteiger partial charge in [-0.3, -0.25) is 4.98 Å². The van der Waals surface area contributed by atoms with E-state index in [-0.39, 0.29) is 21.1 Å². The second kappa shape index (κ2) is 15.8. The number of hydrogen-bond donors (Lipinski definition) is 1. The fraction of sp³-hybridized carbons (Fsp3) is 0.143. The minimum atomic E-state index is 0. The summed E-state index contributed by atoms with van der Waals surface area (Å²) in [6, 6.07) is 27.3. The van der Waals surface area contributed by atoms with Gasteiger partial charge in [-0.05, 0) is 93.5 Å². The van der Waals surface area contributed by atoms with Gasteiger partial charge in [0.1, 0.15) is 17.5 Å². The van der Waals surface area contributed by atoms with Gasteiger partial charge in [-0.25, -0.2) is 15.0 Å². The Morgan fingerprint density at radius 3 is 2.00 bits per heavy atom. The minimum absolute atomic E-state index is 0. The van der Waals surface area contributed by atoms with E-state index in [4.69, 9.17) is 10.5 Å². The molecule has 0 saturated heterocycles. The molecule has 11 nitrogen and oxygen atoms in total. The second-order valence-corrected chi connectivity index (χ2v) is 12.9. The molecule has 0 atom stereocenters. The Kier molecular flexibility index (Phi) is 10.9. The van der Waals surface area contributed by atoms with Crippen LogP contribution < -0.4 is 25.0 Å². The van der Waals surface area contributed by atoms with E-state index in [1.165, 1.54) is 22.3 Å². The summed E-state index contributed by atoms with van der Waals surface area (Å²) in [7, 11) is 3.91. The Balaban J connectivity index is 0.000000231. The molecule has 0 amide bonds. The third-order valence-corrected chi connectivity index (χ3v) is 8.98. The number of benzene rings is 4. The van der Waals surface area contributed by atoms with Gasteiger partial charge in [0.2, 0.25) is 0 Å². The van der Waals surface area contributed by atoms with Gasteiger partial charge in [-0.1, -0.05) is 29.8 Å². The Labute approximate surface area is 329 Å². The summed E-state index contributed by atoms with van der Waals surface area (Å²) in [5, 5.41) is 23.0. The van der Waals surface area contributed by atoms with Gasteiger partial charge in [0.05, 0.1) is 29.0 Å². The van der Waals surface area contributed by atoms with Gasteiger partial charge >= 0.3 is 21.1 Å². The van der Waals surface area contributed by atoms with Gasteiger partial charge < -0.3 is 25.0 Å². The van der Waals surface area contributed by atoms with Gasteiger partial charge in [0.25, 0.3) is 0 Å². The molecule has 1 N–H and O–H groups in total. The van der Waals surface area contributed by atoms with E-state index >= 15 is 0 Å². The van der Waals surface area contributed by atoms with Crippen molar-refractivity contribution in [1.29, 1.82) is 10.5 Å². The van der Waals surface area contributed by atoms with Crippen LogP contribution in [-0.4, -0.2) is 34.0 Å². The molecule has 0 bridgehead atoms. The van der Waals surface area contributed by atoms with Crippen molar-refractivity contribution in [3.8, 4) is 23.3 Å². The van der Waals surface area contributed by atoms with Crippen LogP contribution in [0.2, 0.25) is 0 Å². The maximum absolute atomic E-state index is 8.88. The molecule has 8 rings (SSSR count). The summed E-state index contributed by atoms with van der Waals surface area (Å²) in [5.74, 6) is 2.36. The van der Waals surface area contributed by atoms with Crippen LogP contribution in [-0.2, 0) is 21.1 Å². The Morgan fingerprint density at radius 1 is 0.796 bits per heavy atom. The van der Waals surface area contributed by atoms with Crippen molar-refractivity contribution in [2.45, 2.75) is 27.7 Å². The molecule has 1 aliphatic rings. The number of rotatable bonds is 6. The largest absolute Gasteiger partial charge is 4.00 e. The summed E-state index contributed by atoms with van der Waals surface area (Å²) in [4.78, 5) is 28.2. The molecule has 3 aromatic heterocycles. The number of fused-ring (bicyclic) bond motifs is 4. The van der Waals surface area contributed by atoms with E-state index in [9.17, 15) is 0 Å².